The number of carbonyl (C=O) groups excluding carboxylic acids is 1. The zero-order valence-corrected chi connectivity index (χ0v) is 7.69. The van der Waals surface area contributed by atoms with Gasteiger partial charge in [0.05, 0.1) is 0 Å². The normalized spacial score (nSPS) is 9.50. The van der Waals surface area contributed by atoms with Crippen molar-refractivity contribution >= 4 is 12.3 Å². The van der Waals surface area contributed by atoms with E-state index in [1.54, 1.807) is 19.1 Å². The van der Waals surface area contributed by atoms with Crippen LogP contribution in [0.2, 0.25) is 0 Å². The molecule has 0 saturated heterocycles. The van der Waals surface area contributed by atoms with Gasteiger partial charge in [0.15, 0.2) is 6.29 Å². The molecule has 0 radical (unpaired) electrons. The first-order valence-corrected chi connectivity index (χ1v) is 4.06. The second-order valence-corrected chi connectivity index (χ2v) is 2.73. The van der Waals surface area contributed by atoms with E-state index in [1.807, 2.05) is 0 Å². The molecule has 0 aliphatic carbocycles. The Morgan fingerprint density at radius 2 is 2.29 bits per heavy atom. The highest BCUT2D eigenvalue weighted by atomic mass is 16.5. The van der Waals surface area contributed by atoms with E-state index in [4.69, 9.17) is 9.84 Å². The minimum Gasteiger partial charge on any atom is -0.485 e. The molecular formula is C10H10O4. The fraction of sp³-hybridized carbons (Fsp3) is 0.200. The van der Waals surface area contributed by atoms with Crippen LogP contribution in [0.15, 0.2) is 18.2 Å². The Morgan fingerprint density at radius 1 is 1.57 bits per heavy atom. The summed E-state index contributed by atoms with van der Waals surface area (Å²) in [6, 6.07) is 4.80. The molecule has 0 saturated carbocycles. The van der Waals surface area contributed by atoms with Crippen LogP contribution in [0.4, 0.5) is 0 Å². The van der Waals surface area contributed by atoms with Gasteiger partial charge in [-0.1, -0.05) is 12.1 Å². The number of carboxylic acids is 1. The molecule has 1 N–H and O–H groups in total. The third-order valence-corrected chi connectivity index (χ3v) is 1.74. The number of hydrogen-bond acceptors (Lipinski definition) is 3. The van der Waals surface area contributed by atoms with Gasteiger partial charge in [0.2, 0.25) is 0 Å². The summed E-state index contributed by atoms with van der Waals surface area (Å²) in [5.74, 6) is -0.804. The van der Waals surface area contributed by atoms with Crippen molar-refractivity contribution in [3.8, 4) is 5.75 Å². The Balaban J connectivity index is 3.08. The molecule has 14 heavy (non-hydrogen) atoms. The summed E-state index contributed by atoms with van der Waals surface area (Å²) in [4.78, 5) is 20.9. The molecule has 1 rings (SSSR count). The van der Waals surface area contributed by atoms with Gasteiger partial charge < -0.3 is 9.84 Å². The highest BCUT2D eigenvalue weighted by Gasteiger charge is 2.12. The van der Waals surface area contributed by atoms with Crippen molar-refractivity contribution in [2.24, 2.45) is 0 Å². The number of benzene rings is 1. The molecule has 4 nitrogen and oxygen atoms in total. The number of aromatic carboxylic acids is 1. The van der Waals surface area contributed by atoms with Gasteiger partial charge >= 0.3 is 5.97 Å². The van der Waals surface area contributed by atoms with E-state index in [-0.39, 0.29) is 17.9 Å². The second-order valence-electron chi connectivity index (χ2n) is 2.73. The molecule has 4 heteroatoms. The molecular weight excluding hydrogens is 184 g/mol. The molecule has 74 valence electrons. The van der Waals surface area contributed by atoms with Gasteiger partial charge in [0.1, 0.15) is 17.9 Å². The topological polar surface area (TPSA) is 63.6 Å². The standard InChI is InChI=1S/C10H10O4/c1-7-3-2-4-8(10(12)13)9(7)14-6-5-11/h2-5H,6H2,1H3,(H,12,13). The SMILES string of the molecule is Cc1cccc(C(=O)O)c1OCC=O. The van der Waals surface area contributed by atoms with Crippen LogP contribution in [-0.4, -0.2) is 24.0 Å². The van der Waals surface area contributed by atoms with E-state index in [0.717, 1.165) is 0 Å². The Kier molecular flexibility index (Phi) is 3.23. The van der Waals surface area contributed by atoms with E-state index < -0.39 is 5.97 Å². The molecule has 0 heterocycles. The maximum Gasteiger partial charge on any atom is 0.339 e. The summed E-state index contributed by atoms with van der Waals surface area (Å²) in [6.45, 7) is 1.59. The zero-order chi connectivity index (χ0) is 10.6. The van der Waals surface area contributed by atoms with Gasteiger partial charge in [-0.05, 0) is 18.6 Å². The fourth-order valence-electron chi connectivity index (χ4n) is 1.13. The average Bonchev–Trinajstić information content (AvgIpc) is 2.15. The van der Waals surface area contributed by atoms with Crippen molar-refractivity contribution < 1.29 is 19.4 Å². The lowest BCUT2D eigenvalue weighted by Gasteiger charge is -2.08. The van der Waals surface area contributed by atoms with Crippen LogP contribution in [-0.2, 0) is 4.79 Å². The van der Waals surface area contributed by atoms with E-state index in [1.165, 1.54) is 6.07 Å². The lowest BCUT2D eigenvalue weighted by Crippen LogP contribution is -2.06. The molecule has 0 amide bonds. The van der Waals surface area contributed by atoms with Crippen LogP contribution in [0, 0.1) is 6.92 Å². The van der Waals surface area contributed by atoms with Gasteiger partial charge in [-0.3, -0.25) is 4.79 Å². The smallest absolute Gasteiger partial charge is 0.339 e. The van der Waals surface area contributed by atoms with Gasteiger partial charge in [-0.25, -0.2) is 4.79 Å². The summed E-state index contributed by atoms with van der Waals surface area (Å²) < 4.78 is 5.03. The number of aldehydes is 1. The first kappa shape index (κ1) is 10.2. The highest BCUT2D eigenvalue weighted by Crippen LogP contribution is 2.22. The lowest BCUT2D eigenvalue weighted by molar-refractivity contribution is -0.109. The summed E-state index contributed by atoms with van der Waals surface area (Å²) in [5.41, 5.74) is 0.776. The molecule has 0 unspecified atom stereocenters. The Morgan fingerprint density at radius 3 is 2.86 bits per heavy atom. The largest absolute Gasteiger partial charge is 0.485 e. The van der Waals surface area contributed by atoms with E-state index in [9.17, 15) is 9.59 Å². The Hall–Kier alpha value is -1.84. The maximum absolute atomic E-state index is 10.8. The van der Waals surface area contributed by atoms with Crippen molar-refractivity contribution in [3.05, 3.63) is 29.3 Å². The van der Waals surface area contributed by atoms with Crippen LogP contribution < -0.4 is 4.74 Å². The minimum atomic E-state index is -1.06. The first-order chi connectivity index (χ1) is 6.66. The molecule has 0 spiro atoms. The Labute approximate surface area is 81.1 Å². The molecule has 0 aromatic heterocycles. The van der Waals surface area contributed by atoms with Crippen LogP contribution in [0.3, 0.4) is 0 Å². The Bertz CT molecular complexity index is 357. The lowest BCUT2D eigenvalue weighted by atomic mass is 10.1. The number of rotatable bonds is 4. The van der Waals surface area contributed by atoms with Gasteiger partial charge in [-0.15, -0.1) is 0 Å². The van der Waals surface area contributed by atoms with Crippen LogP contribution in [0.5, 0.6) is 5.75 Å². The molecule has 0 atom stereocenters. The summed E-state index contributed by atoms with van der Waals surface area (Å²) in [6.07, 6.45) is 0.581. The third-order valence-electron chi connectivity index (χ3n) is 1.74. The van der Waals surface area contributed by atoms with Gasteiger partial charge in [-0.2, -0.15) is 0 Å². The monoisotopic (exact) mass is 194 g/mol. The number of carbonyl (C=O) groups is 2. The molecule has 0 fully saturated rings. The van der Waals surface area contributed by atoms with Crippen LogP contribution in [0.1, 0.15) is 15.9 Å². The van der Waals surface area contributed by atoms with Crippen molar-refractivity contribution in [2.45, 2.75) is 6.92 Å². The van der Waals surface area contributed by atoms with E-state index in [0.29, 0.717) is 11.8 Å². The van der Waals surface area contributed by atoms with Gasteiger partial charge in [0.25, 0.3) is 0 Å². The molecule has 0 aliphatic rings. The summed E-state index contributed by atoms with van der Waals surface area (Å²) >= 11 is 0. The summed E-state index contributed by atoms with van der Waals surface area (Å²) in [7, 11) is 0. The van der Waals surface area contributed by atoms with Crippen molar-refractivity contribution in [1.29, 1.82) is 0 Å². The number of ether oxygens (including phenoxy) is 1. The number of aryl methyl sites for hydroxylation is 1. The molecule has 1 aromatic carbocycles. The van der Waals surface area contributed by atoms with Gasteiger partial charge in [0, 0.05) is 0 Å². The average molecular weight is 194 g/mol. The van der Waals surface area contributed by atoms with Crippen molar-refractivity contribution in [1.82, 2.24) is 0 Å². The molecule has 0 aliphatic heterocycles. The number of para-hydroxylation sites is 1. The fourth-order valence-corrected chi connectivity index (χ4v) is 1.13. The quantitative estimate of drug-likeness (QED) is 0.733. The number of hydrogen-bond donors (Lipinski definition) is 1. The second kappa shape index (κ2) is 4.41. The third kappa shape index (κ3) is 2.10. The molecule has 1 aromatic rings. The van der Waals surface area contributed by atoms with Crippen LogP contribution >= 0.6 is 0 Å². The van der Waals surface area contributed by atoms with Crippen LogP contribution in [0.25, 0.3) is 0 Å². The van der Waals surface area contributed by atoms with Crippen molar-refractivity contribution in [3.63, 3.8) is 0 Å². The zero-order valence-electron chi connectivity index (χ0n) is 7.69. The summed E-state index contributed by atoms with van der Waals surface area (Å²) in [5, 5.41) is 8.82. The number of carboxylic acid groups (broad SMARTS) is 1. The van der Waals surface area contributed by atoms with Crippen molar-refractivity contribution in [2.75, 3.05) is 6.61 Å². The van der Waals surface area contributed by atoms with E-state index in [2.05, 4.69) is 0 Å². The first-order valence-electron chi connectivity index (χ1n) is 4.06. The van der Waals surface area contributed by atoms with E-state index >= 15 is 0 Å². The predicted molar refractivity (Wildman–Crippen MR) is 49.7 cm³/mol. The maximum atomic E-state index is 10.8. The minimum absolute atomic E-state index is 0.0758. The highest BCUT2D eigenvalue weighted by molar-refractivity contribution is 5.91. The molecule has 0 bridgehead atoms. The predicted octanol–water partition coefficient (Wildman–Crippen LogP) is 1.27.